The molecule has 0 spiro atoms. The number of carbonyl (C=O) groups excluding carboxylic acids is 1. The first-order chi connectivity index (χ1) is 9.49. The summed E-state index contributed by atoms with van der Waals surface area (Å²) in [4.78, 5) is 22.0. The van der Waals surface area contributed by atoms with Gasteiger partial charge in [0.1, 0.15) is 5.02 Å². The molecule has 2 unspecified atom stereocenters. The monoisotopic (exact) mass is 298 g/mol. The smallest absolute Gasteiger partial charge is 0.287 e. The van der Waals surface area contributed by atoms with Gasteiger partial charge in [-0.1, -0.05) is 11.6 Å². The molecule has 1 aromatic carbocycles. The lowest BCUT2D eigenvalue weighted by Gasteiger charge is -2.14. The van der Waals surface area contributed by atoms with Gasteiger partial charge in [0, 0.05) is 30.7 Å². The van der Waals surface area contributed by atoms with Crippen molar-refractivity contribution in [3.63, 3.8) is 0 Å². The number of amides is 1. The lowest BCUT2D eigenvalue weighted by atomic mass is 10.0. The number of hydrogen-bond donors (Lipinski definition) is 1. The Balaban J connectivity index is 1.99. The van der Waals surface area contributed by atoms with Crippen LogP contribution in [0.5, 0.6) is 0 Å². The molecule has 20 heavy (non-hydrogen) atoms. The van der Waals surface area contributed by atoms with Gasteiger partial charge in [-0.2, -0.15) is 0 Å². The van der Waals surface area contributed by atoms with Crippen LogP contribution in [0, 0.1) is 16.0 Å². The molecule has 6 nitrogen and oxygen atoms in total. The van der Waals surface area contributed by atoms with Gasteiger partial charge in [0.2, 0.25) is 0 Å². The Labute approximate surface area is 121 Å². The zero-order valence-corrected chi connectivity index (χ0v) is 11.7. The van der Waals surface area contributed by atoms with E-state index in [4.69, 9.17) is 16.3 Å². The van der Waals surface area contributed by atoms with E-state index in [0.717, 1.165) is 6.42 Å². The molecule has 1 saturated heterocycles. The number of carbonyl (C=O) groups is 1. The van der Waals surface area contributed by atoms with Crippen LogP contribution in [0.1, 0.15) is 23.7 Å². The molecule has 1 N–H and O–H groups in total. The maximum atomic E-state index is 12.0. The van der Waals surface area contributed by atoms with E-state index in [1.54, 1.807) is 0 Å². The van der Waals surface area contributed by atoms with Crippen LogP contribution in [0.4, 0.5) is 5.69 Å². The topological polar surface area (TPSA) is 81.5 Å². The number of halogens is 1. The molecule has 7 heteroatoms. The van der Waals surface area contributed by atoms with Crippen LogP contribution in [-0.4, -0.2) is 30.1 Å². The fraction of sp³-hybridized carbons (Fsp3) is 0.462. The van der Waals surface area contributed by atoms with Gasteiger partial charge in [0.15, 0.2) is 0 Å². The lowest BCUT2D eigenvalue weighted by Crippen LogP contribution is -2.31. The van der Waals surface area contributed by atoms with Crippen LogP contribution in [0.25, 0.3) is 0 Å². The van der Waals surface area contributed by atoms with Crippen molar-refractivity contribution in [3.05, 3.63) is 38.9 Å². The second-order valence-electron chi connectivity index (χ2n) is 4.76. The molecular weight excluding hydrogens is 284 g/mol. The highest BCUT2D eigenvalue weighted by Crippen LogP contribution is 2.25. The van der Waals surface area contributed by atoms with Crippen molar-refractivity contribution in [1.82, 2.24) is 5.32 Å². The quantitative estimate of drug-likeness (QED) is 0.683. The van der Waals surface area contributed by atoms with Gasteiger partial charge in [-0.3, -0.25) is 14.9 Å². The minimum absolute atomic E-state index is 0.0415. The number of nitrogens with zero attached hydrogens (tertiary/aromatic N) is 1. The first kappa shape index (κ1) is 14.7. The third-order valence-electron chi connectivity index (χ3n) is 3.46. The normalized spacial score (nSPS) is 21.7. The lowest BCUT2D eigenvalue weighted by molar-refractivity contribution is -0.384. The number of nitrogens with one attached hydrogen (secondary N) is 1. The van der Waals surface area contributed by atoms with Crippen molar-refractivity contribution in [2.75, 3.05) is 13.2 Å². The number of ether oxygens (including phenoxy) is 1. The number of nitro benzene ring substituents is 1. The second-order valence-corrected chi connectivity index (χ2v) is 5.17. The Hall–Kier alpha value is -1.66. The van der Waals surface area contributed by atoms with Crippen molar-refractivity contribution in [2.24, 2.45) is 5.92 Å². The van der Waals surface area contributed by atoms with Crippen molar-refractivity contribution < 1.29 is 14.5 Å². The minimum atomic E-state index is -0.582. The van der Waals surface area contributed by atoms with Gasteiger partial charge in [-0.25, -0.2) is 0 Å². The fourth-order valence-electron chi connectivity index (χ4n) is 2.17. The number of rotatable bonds is 4. The molecule has 1 fully saturated rings. The average molecular weight is 299 g/mol. The molecule has 1 aliphatic heterocycles. The van der Waals surface area contributed by atoms with Gasteiger partial charge in [0.05, 0.1) is 11.0 Å². The third kappa shape index (κ3) is 3.26. The van der Waals surface area contributed by atoms with Gasteiger partial charge in [-0.05, 0) is 25.5 Å². The van der Waals surface area contributed by atoms with Crippen LogP contribution in [0.15, 0.2) is 18.2 Å². The second kappa shape index (κ2) is 6.19. The molecular formula is C13H15ClN2O4. The molecule has 0 aliphatic carbocycles. The highest BCUT2D eigenvalue weighted by atomic mass is 35.5. The van der Waals surface area contributed by atoms with Gasteiger partial charge < -0.3 is 10.1 Å². The maximum absolute atomic E-state index is 12.0. The van der Waals surface area contributed by atoms with Crippen LogP contribution in [-0.2, 0) is 4.74 Å². The Morgan fingerprint density at radius 1 is 1.60 bits per heavy atom. The molecule has 1 aliphatic rings. The van der Waals surface area contributed by atoms with E-state index < -0.39 is 4.92 Å². The molecule has 108 valence electrons. The Bertz CT molecular complexity index is 535. The van der Waals surface area contributed by atoms with E-state index in [2.05, 4.69) is 5.32 Å². The zero-order chi connectivity index (χ0) is 14.7. The summed E-state index contributed by atoms with van der Waals surface area (Å²) in [7, 11) is 0. The van der Waals surface area contributed by atoms with Gasteiger partial charge in [-0.15, -0.1) is 0 Å². The van der Waals surface area contributed by atoms with E-state index >= 15 is 0 Å². The summed E-state index contributed by atoms with van der Waals surface area (Å²) in [5.41, 5.74) is 0.105. The third-order valence-corrected chi connectivity index (χ3v) is 3.77. The number of hydrogen-bond acceptors (Lipinski definition) is 4. The molecule has 0 radical (unpaired) electrons. The Kier molecular flexibility index (Phi) is 4.57. The summed E-state index contributed by atoms with van der Waals surface area (Å²) in [6, 6.07) is 3.94. The van der Waals surface area contributed by atoms with Crippen LogP contribution in [0.2, 0.25) is 5.02 Å². The van der Waals surface area contributed by atoms with Crippen LogP contribution >= 0.6 is 11.6 Å². The SMILES string of the molecule is CC1OCCC1CNC(=O)c1ccc([N+](=O)[O-])c(Cl)c1. The maximum Gasteiger partial charge on any atom is 0.287 e. The minimum Gasteiger partial charge on any atom is -0.378 e. The van der Waals surface area contributed by atoms with E-state index in [1.807, 2.05) is 6.92 Å². The summed E-state index contributed by atoms with van der Waals surface area (Å²) < 4.78 is 5.42. The summed E-state index contributed by atoms with van der Waals surface area (Å²) in [5, 5.41) is 13.4. The molecule has 0 saturated carbocycles. The molecule has 2 rings (SSSR count). The van der Waals surface area contributed by atoms with E-state index in [0.29, 0.717) is 24.6 Å². The highest BCUT2D eigenvalue weighted by Gasteiger charge is 2.24. The summed E-state index contributed by atoms with van der Waals surface area (Å²) in [6.45, 7) is 3.21. The average Bonchev–Trinajstić information content (AvgIpc) is 2.81. The molecule has 0 bridgehead atoms. The van der Waals surface area contributed by atoms with E-state index in [-0.39, 0.29) is 22.7 Å². The molecule has 1 amide bonds. The van der Waals surface area contributed by atoms with Crippen molar-refractivity contribution in [2.45, 2.75) is 19.4 Å². The van der Waals surface area contributed by atoms with E-state index in [1.165, 1.54) is 18.2 Å². The number of nitro groups is 1. The highest BCUT2D eigenvalue weighted by molar-refractivity contribution is 6.33. The number of benzene rings is 1. The van der Waals surface area contributed by atoms with Crippen LogP contribution < -0.4 is 5.32 Å². The molecule has 1 heterocycles. The molecule has 2 atom stereocenters. The first-order valence-corrected chi connectivity index (χ1v) is 6.70. The Morgan fingerprint density at radius 3 is 2.90 bits per heavy atom. The van der Waals surface area contributed by atoms with Crippen LogP contribution in [0.3, 0.4) is 0 Å². The Morgan fingerprint density at radius 2 is 2.35 bits per heavy atom. The zero-order valence-electron chi connectivity index (χ0n) is 11.0. The standard InChI is InChI=1S/C13H15ClN2O4/c1-8-10(4-5-20-8)7-15-13(17)9-2-3-12(16(18)19)11(14)6-9/h2-3,6,8,10H,4-5,7H2,1H3,(H,15,17). The molecule has 1 aromatic rings. The predicted octanol–water partition coefficient (Wildman–Crippen LogP) is 2.40. The van der Waals surface area contributed by atoms with Gasteiger partial charge >= 0.3 is 0 Å². The predicted molar refractivity (Wildman–Crippen MR) is 74.0 cm³/mol. The first-order valence-electron chi connectivity index (χ1n) is 6.33. The summed E-state index contributed by atoms with van der Waals surface area (Å²) in [6.07, 6.45) is 1.05. The van der Waals surface area contributed by atoms with Crippen molar-refractivity contribution >= 4 is 23.2 Å². The fourth-order valence-corrected chi connectivity index (χ4v) is 2.42. The summed E-state index contributed by atoms with van der Waals surface area (Å²) in [5.74, 6) is 0.00775. The van der Waals surface area contributed by atoms with E-state index in [9.17, 15) is 14.9 Å². The largest absolute Gasteiger partial charge is 0.378 e. The van der Waals surface area contributed by atoms with Gasteiger partial charge in [0.25, 0.3) is 11.6 Å². The molecule has 0 aromatic heterocycles. The van der Waals surface area contributed by atoms with Crippen molar-refractivity contribution in [1.29, 1.82) is 0 Å². The summed E-state index contributed by atoms with van der Waals surface area (Å²) >= 11 is 5.78. The van der Waals surface area contributed by atoms with Crippen molar-refractivity contribution in [3.8, 4) is 0 Å².